The lowest BCUT2D eigenvalue weighted by atomic mass is 9.91. The summed E-state index contributed by atoms with van der Waals surface area (Å²) in [6, 6.07) is 0. The summed E-state index contributed by atoms with van der Waals surface area (Å²) in [5.74, 6) is 1.03. The fourth-order valence-corrected chi connectivity index (χ4v) is 1.57. The molecule has 0 bridgehead atoms. The van der Waals surface area contributed by atoms with Crippen molar-refractivity contribution in [3.63, 3.8) is 0 Å². The van der Waals surface area contributed by atoms with E-state index in [-0.39, 0.29) is 0 Å². The Kier molecular flexibility index (Phi) is 1.48. The summed E-state index contributed by atoms with van der Waals surface area (Å²) in [4.78, 5) is 0. The van der Waals surface area contributed by atoms with Crippen LogP contribution < -0.4 is 5.32 Å². The van der Waals surface area contributed by atoms with Crippen LogP contribution in [0.1, 0.15) is 32.6 Å². The van der Waals surface area contributed by atoms with Gasteiger partial charge in [0.15, 0.2) is 0 Å². The molecule has 2 rings (SSSR count). The number of nitrogens with one attached hydrogen (secondary N) is 1. The maximum Gasteiger partial charge on any atom is -0.000825 e. The van der Waals surface area contributed by atoms with Gasteiger partial charge in [0.1, 0.15) is 0 Å². The number of rotatable bonds is 3. The molecule has 0 atom stereocenters. The van der Waals surface area contributed by atoms with Crippen LogP contribution in [0.4, 0.5) is 0 Å². The summed E-state index contributed by atoms with van der Waals surface area (Å²) in [5.41, 5.74) is 0.787. The molecule has 1 N–H and O–H groups in total. The van der Waals surface area contributed by atoms with Gasteiger partial charge in [-0.05, 0) is 50.1 Å². The molecular weight excluding hydrogens is 122 g/mol. The first kappa shape index (κ1) is 6.66. The van der Waals surface area contributed by atoms with Crippen molar-refractivity contribution in [3.8, 4) is 0 Å². The summed E-state index contributed by atoms with van der Waals surface area (Å²) in [7, 11) is 0. The molecule has 0 amide bonds. The van der Waals surface area contributed by atoms with E-state index < -0.39 is 0 Å². The lowest BCUT2D eigenvalue weighted by Crippen LogP contribution is -2.41. The standard InChI is InChI=1S/C9H17N/c1-9(4-5-9)3-2-8-6-10-7-8/h8,10H,2-7H2,1H3. The molecule has 1 aliphatic heterocycles. The van der Waals surface area contributed by atoms with E-state index in [1.54, 1.807) is 0 Å². The van der Waals surface area contributed by atoms with Crippen LogP contribution in [0, 0.1) is 11.3 Å². The van der Waals surface area contributed by atoms with Crippen LogP contribution in [-0.4, -0.2) is 13.1 Å². The predicted molar refractivity (Wildman–Crippen MR) is 42.9 cm³/mol. The van der Waals surface area contributed by atoms with Gasteiger partial charge in [-0.25, -0.2) is 0 Å². The van der Waals surface area contributed by atoms with Crippen LogP contribution in [-0.2, 0) is 0 Å². The minimum Gasteiger partial charge on any atom is -0.316 e. The van der Waals surface area contributed by atoms with Crippen molar-refractivity contribution in [2.75, 3.05) is 13.1 Å². The molecule has 1 heterocycles. The molecule has 0 aromatic heterocycles. The minimum atomic E-state index is 0.787. The first-order valence-corrected chi connectivity index (χ1v) is 4.49. The molecule has 0 aromatic carbocycles. The van der Waals surface area contributed by atoms with Crippen LogP contribution in [0.2, 0.25) is 0 Å². The molecule has 10 heavy (non-hydrogen) atoms. The van der Waals surface area contributed by atoms with Crippen molar-refractivity contribution in [2.24, 2.45) is 11.3 Å². The zero-order valence-corrected chi connectivity index (χ0v) is 6.82. The molecule has 2 aliphatic rings. The molecular formula is C9H17N. The van der Waals surface area contributed by atoms with Crippen molar-refractivity contribution >= 4 is 0 Å². The molecule has 1 nitrogen and oxygen atoms in total. The Labute approximate surface area is 63.2 Å². The van der Waals surface area contributed by atoms with Crippen LogP contribution in [0.5, 0.6) is 0 Å². The van der Waals surface area contributed by atoms with Gasteiger partial charge in [-0.2, -0.15) is 0 Å². The quantitative estimate of drug-likeness (QED) is 0.628. The van der Waals surface area contributed by atoms with Crippen LogP contribution in [0.25, 0.3) is 0 Å². The number of hydrogen-bond donors (Lipinski definition) is 1. The maximum absolute atomic E-state index is 3.32. The molecule has 0 unspecified atom stereocenters. The minimum absolute atomic E-state index is 0.787. The first-order valence-electron chi connectivity index (χ1n) is 4.49. The van der Waals surface area contributed by atoms with Gasteiger partial charge in [0.2, 0.25) is 0 Å². The van der Waals surface area contributed by atoms with Gasteiger partial charge < -0.3 is 5.32 Å². The zero-order chi connectivity index (χ0) is 7.03. The Morgan fingerprint density at radius 2 is 2.10 bits per heavy atom. The van der Waals surface area contributed by atoms with Gasteiger partial charge in [-0.3, -0.25) is 0 Å². The second-order valence-electron chi connectivity index (χ2n) is 4.37. The molecule has 2 fully saturated rings. The molecule has 58 valence electrons. The Morgan fingerprint density at radius 3 is 2.50 bits per heavy atom. The van der Waals surface area contributed by atoms with Crippen LogP contribution >= 0.6 is 0 Å². The second-order valence-corrected chi connectivity index (χ2v) is 4.37. The molecule has 1 aliphatic carbocycles. The van der Waals surface area contributed by atoms with E-state index in [4.69, 9.17) is 0 Å². The van der Waals surface area contributed by atoms with Crippen molar-refractivity contribution in [3.05, 3.63) is 0 Å². The summed E-state index contributed by atoms with van der Waals surface area (Å²) >= 11 is 0. The molecule has 1 heteroatoms. The van der Waals surface area contributed by atoms with Gasteiger partial charge in [-0.1, -0.05) is 6.92 Å². The fourth-order valence-electron chi connectivity index (χ4n) is 1.57. The van der Waals surface area contributed by atoms with E-state index in [9.17, 15) is 0 Å². The highest BCUT2D eigenvalue weighted by Gasteiger charge is 2.37. The second kappa shape index (κ2) is 2.23. The van der Waals surface area contributed by atoms with Gasteiger partial charge in [-0.15, -0.1) is 0 Å². The van der Waals surface area contributed by atoms with Gasteiger partial charge >= 0.3 is 0 Å². The van der Waals surface area contributed by atoms with E-state index in [0.717, 1.165) is 11.3 Å². The van der Waals surface area contributed by atoms with E-state index in [2.05, 4.69) is 12.2 Å². The summed E-state index contributed by atoms with van der Waals surface area (Å²) in [6.45, 7) is 5.01. The summed E-state index contributed by atoms with van der Waals surface area (Å²) in [5, 5.41) is 3.32. The van der Waals surface area contributed by atoms with Crippen molar-refractivity contribution < 1.29 is 0 Å². The van der Waals surface area contributed by atoms with E-state index in [0.29, 0.717) is 0 Å². The van der Waals surface area contributed by atoms with Crippen LogP contribution in [0.15, 0.2) is 0 Å². The molecule has 0 aromatic rings. The Bertz CT molecular complexity index is 123. The third-order valence-electron chi connectivity index (χ3n) is 3.13. The maximum atomic E-state index is 3.32. The van der Waals surface area contributed by atoms with E-state index in [1.165, 1.54) is 38.8 Å². The van der Waals surface area contributed by atoms with Gasteiger partial charge in [0, 0.05) is 0 Å². The average molecular weight is 139 g/mol. The highest BCUT2D eigenvalue weighted by molar-refractivity contribution is 4.89. The SMILES string of the molecule is CC1(CCC2CNC2)CC1. The Morgan fingerprint density at radius 1 is 1.40 bits per heavy atom. The fraction of sp³-hybridized carbons (Fsp3) is 1.00. The van der Waals surface area contributed by atoms with Crippen molar-refractivity contribution in [2.45, 2.75) is 32.6 Å². The molecule has 0 radical (unpaired) electrons. The highest BCUT2D eigenvalue weighted by Crippen LogP contribution is 2.49. The van der Waals surface area contributed by atoms with Crippen LogP contribution in [0.3, 0.4) is 0 Å². The lowest BCUT2D eigenvalue weighted by molar-refractivity contribution is 0.295. The normalized spacial score (nSPS) is 29.7. The van der Waals surface area contributed by atoms with Gasteiger partial charge in [0.05, 0.1) is 0 Å². The monoisotopic (exact) mass is 139 g/mol. The summed E-state index contributed by atoms with van der Waals surface area (Å²) in [6.07, 6.45) is 5.95. The molecule has 0 spiro atoms. The largest absolute Gasteiger partial charge is 0.316 e. The highest BCUT2D eigenvalue weighted by atomic mass is 14.9. The topological polar surface area (TPSA) is 12.0 Å². The van der Waals surface area contributed by atoms with Gasteiger partial charge in [0.25, 0.3) is 0 Å². The van der Waals surface area contributed by atoms with Crippen molar-refractivity contribution in [1.29, 1.82) is 0 Å². The lowest BCUT2D eigenvalue weighted by Gasteiger charge is -2.27. The average Bonchev–Trinajstić information content (AvgIpc) is 2.44. The Balaban J connectivity index is 1.63. The third kappa shape index (κ3) is 1.34. The summed E-state index contributed by atoms with van der Waals surface area (Å²) < 4.78 is 0. The molecule has 1 saturated carbocycles. The zero-order valence-electron chi connectivity index (χ0n) is 6.82. The predicted octanol–water partition coefficient (Wildman–Crippen LogP) is 1.79. The first-order chi connectivity index (χ1) is 4.79. The smallest absolute Gasteiger partial charge is 0.000825 e. The van der Waals surface area contributed by atoms with E-state index >= 15 is 0 Å². The van der Waals surface area contributed by atoms with Crippen molar-refractivity contribution in [1.82, 2.24) is 5.32 Å². The Hall–Kier alpha value is -0.0400. The molecule has 1 saturated heterocycles. The van der Waals surface area contributed by atoms with E-state index in [1.807, 2.05) is 0 Å². The number of hydrogen-bond acceptors (Lipinski definition) is 1. The third-order valence-corrected chi connectivity index (χ3v) is 3.13.